The Morgan fingerprint density at radius 2 is 1.83 bits per heavy atom. The fourth-order valence-electron chi connectivity index (χ4n) is 7.96. The maximum Gasteiger partial charge on any atom is 0.410 e. The van der Waals surface area contributed by atoms with Crippen LogP contribution in [0.3, 0.4) is 0 Å². The molecule has 2 saturated heterocycles. The predicted octanol–water partition coefficient (Wildman–Crippen LogP) is 5.27. The smallest absolute Gasteiger partial charge is 0.410 e. The lowest BCUT2D eigenvalue weighted by Crippen LogP contribution is -2.61. The first kappa shape index (κ1) is 42.1. The van der Waals surface area contributed by atoms with Gasteiger partial charge in [0.2, 0.25) is 0 Å². The van der Waals surface area contributed by atoms with E-state index in [2.05, 4.69) is 0 Å². The minimum Gasteiger partial charge on any atom is -0.632 e. The lowest BCUT2D eigenvalue weighted by Gasteiger charge is -2.53. The molecule has 0 bridgehead atoms. The maximum atomic E-state index is 13.7. The number of hydrogen-bond donors (Lipinski definition) is 3. The van der Waals surface area contributed by atoms with Gasteiger partial charge in [0.25, 0.3) is 0 Å². The van der Waals surface area contributed by atoms with E-state index in [1.54, 1.807) is 56.1 Å². The second kappa shape index (κ2) is 18.1. The highest BCUT2D eigenvalue weighted by Gasteiger charge is 2.47. The Balaban J connectivity index is 1.44. The van der Waals surface area contributed by atoms with Crippen molar-refractivity contribution in [2.24, 2.45) is 11.8 Å². The first-order valence-corrected chi connectivity index (χ1v) is 19.5. The minimum atomic E-state index is -1.55. The molecule has 9 atom stereocenters. The van der Waals surface area contributed by atoms with E-state index in [1.807, 2.05) is 20.8 Å². The highest BCUT2D eigenvalue weighted by molar-refractivity contribution is 5.81. The van der Waals surface area contributed by atoms with Gasteiger partial charge in [-0.25, -0.2) is 4.79 Å². The second-order valence-corrected chi connectivity index (χ2v) is 16.3. The van der Waals surface area contributed by atoms with Crippen molar-refractivity contribution in [1.82, 2.24) is 4.90 Å². The molecule has 3 N–H and O–H groups in total. The number of nitrogens with zero attached hydrogens (tertiary/aromatic N) is 2. The molecule has 1 aliphatic carbocycles. The van der Waals surface area contributed by atoms with Crippen LogP contribution in [0.5, 0.6) is 0 Å². The monoisotopic (exact) mass is 732 g/mol. The van der Waals surface area contributed by atoms with Crippen molar-refractivity contribution in [3.05, 3.63) is 41.2 Å². The molecule has 12 heteroatoms. The van der Waals surface area contributed by atoms with Gasteiger partial charge in [0, 0.05) is 24.7 Å². The Labute approximate surface area is 310 Å². The van der Waals surface area contributed by atoms with Crippen molar-refractivity contribution in [3.63, 3.8) is 0 Å². The molecule has 0 radical (unpaired) electrons. The van der Waals surface area contributed by atoms with Crippen LogP contribution in [0.15, 0.2) is 36.0 Å². The van der Waals surface area contributed by atoms with Gasteiger partial charge in [-0.05, 0) is 70.9 Å². The van der Waals surface area contributed by atoms with E-state index in [1.165, 1.54) is 12.8 Å². The summed E-state index contributed by atoms with van der Waals surface area (Å²) in [5, 5.41) is 47.0. The number of aliphatic hydroxyl groups is 3. The molecule has 0 spiro atoms. The van der Waals surface area contributed by atoms with Gasteiger partial charge in [-0.3, -0.25) is 14.5 Å². The lowest BCUT2D eigenvalue weighted by atomic mass is 9.88. The Morgan fingerprint density at radius 3 is 2.46 bits per heavy atom. The van der Waals surface area contributed by atoms with E-state index in [0.29, 0.717) is 31.5 Å². The van der Waals surface area contributed by atoms with Gasteiger partial charge in [-0.15, -0.1) is 0 Å². The number of hydrogen-bond acceptors (Lipinski definition) is 10. The molecule has 1 amide bonds. The van der Waals surface area contributed by atoms with Crippen molar-refractivity contribution >= 4 is 17.8 Å². The quantitative estimate of drug-likeness (QED) is 0.0512. The third-order valence-electron chi connectivity index (χ3n) is 11.6. The number of piperazine rings is 1. The molecule has 12 nitrogen and oxygen atoms in total. The van der Waals surface area contributed by atoms with Crippen molar-refractivity contribution in [3.8, 4) is 0 Å². The summed E-state index contributed by atoms with van der Waals surface area (Å²) < 4.78 is 17.2. The Bertz CT molecular complexity index is 1310. The largest absolute Gasteiger partial charge is 0.632 e. The third-order valence-corrected chi connectivity index (χ3v) is 11.6. The zero-order valence-corrected chi connectivity index (χ0v) is 32.2. The van der Waals surface area contributed by atoms with Gasteiger partial charge in [-0.2, -0.15) is 0 Å². The number of allylic oxidation sites excluding steroid dienone is 2. The molecule has 4 rings (SSSR count). The summed E-state index contributed by atoms with van der Waals surface area (Å²) in [6.45, 7) is 11.7. The van der Waals surface area contributed by atoms with Crippen LogP contribution < -0.4 is 0 Å². The number of Topliss-reactive ketones (excluding diaryl/α,β-unsaturated/α-hetero) is 1. The van der Waals surface area contributed by atoms with E-state index >= 15 is 0 Å². The zero-order chi connectivity index (χ0) is 38.3. The summed E-state index contributed by atoms with van der Waals surface area (Å²) >= 11 is 0. The SMILES string of the molecule is CCC(=O)[C@@H](C)[C@H]1O[C@@H]1C[C@@](C)(O)/C=C/C=C(\C)[C@H]1OC(=O)C[C@H](O)CC[C@@](C)(O)[C@@H](OC(=O)N2CC[N+]([O-])(C3CCCCCC3)CC2)/C=C/[C@@H]1C. The van der Waals surface area contributed by atoms with Crippen LogP contribution >= 0.6 is 0 Å². The molecule has 3 aliphatic heterocycles. The molecule has 3 fully saturated rings. The van der Waals surface area contributed by atoms with Crippen molar-refractivity contribution in [2.45, 2.75) is 160 Å². The van der Waals surface area contributed by atoms with E-state index in [0.717, 1.165) is 25.7 Å². The van der Waals surface area contributed by atoms with E-state index < -0.39 is 47.5 Å². The van der Waals surface area contributed by atoms with Crippen molar-refractivity contribution in [2.75, 3.05) is 26.2 Å². The number of ketones is 1. The van der Waals surface area contributed by atoms with Crippen LogP contribution in [0.25, 0.3) is 0 Å². The summed E-state index contributed by atoms with van der Waals surface area (Å²) in [6, 6.07) is 0.0733. The lowest BCUT2D eigenvalue weighted by molar-refractivity contribution is -0.909. The summed E-state index contributed by atoms with van der Waals surface area (Å²) in [5.74, 6) is -1.09. The number of ether oxygens (including phenoxy) is 3. The normalized spacial score (nSPS) is 34.9. The van der Waals surface area contributed by atoms with Crippen LogP contribution in [0, 0.1) is 17.0 Å². The number of carbonyl (C=O) groups excluding carboxylic acids is 3. The van der Waals surface area contributed by atoms with Crippen molar-refractivity contribution < 1.29 is 48.6 Å². The molecule has 1 saturated carbocycles. The van der Waals surface area contributed by atoms with Gasteiger partial charge in [0.05, 0.1) is 62.6 Å². The van der Waals surface area contributed by atoms with Gasteiger partial charge in [-0.1, -0.05) is 57.9 Å². The Hall–Kier alpha value is -2.61. The molecule has 294 valence electrons. The molecule has 3 heterocycles. The molecule has 52 heavy (non-hydrogen) atoms. The molecule has 4 aliphatic rings. The number of carbonyl (C=O) groups is 3. The Kier molecular flexibility index (Phi) is 14.7. The Morgan fingerprint density at radius 1 is 1.17 bits per heavy atom. The van der Waals surface area contributed by atoms with Gasteiger partial charge < -0.3 is 39.4 Å². The van der Waals surface area contributed by atoms with E-state index in [-0.39, 0.29) is 66.9 Å². The third kappa shape index (κ3) is 11.7. The summed E-state index contributed by atoms with van der Waals surface area (Å²) in [7, 11) is 0. The summed E-state index contributed by atoms with van der Waals surface area (Å²) in [5.41, 5.74) is -2.08. The zero-order valence-electron chi connectivity index (χ0n) is 32.2. The predicted molar refractivity (Wildman–Crippen MR) is 197 cm³/mol. The number of epoxide rings is 1. The highest BCUT2D eigenvalue weighted by atomic mass is 16.6. The average molecular weight is 733 g/mol. The minimum absolute atomic E-state index is 0.0634. The summed E-state index contributed by atoms with van der Waals surface area (Å²) in [6.07, 6.45) is 11.5. The number of rotatable bonds is 10. The van der Waals surface area contributed by atoms with Gasteiger partial charge >= 0.3 is 12.1 Å². The molecule has 0 unspecified atom stereocenters. The standard InChI is InChI=1S/C40H64N2O10/c1-7-32(44)29(4)37-33(50-37)26-39(5,47)19-12-13-27(2)36-28(3)16-17-34(40(6,48)20-18-31(43)25-35(45)52-36)51-38(46)41-21-23-42(49,24-22-41)30-14-10-8-9-11-15-30/h12-13,16-17,19,28-31,33-34,36-37,43,47-48H,7-11,14-15,18,20-26H2,1-6H3/b17-16+,19-12+,27-13+/t28-,29+,31+,33+,34-,36+,37+,39-,40+/m0/s1. The van der Waals surface area contributed by atoms with Gasteiger partial charge in [0.15, 0.2) is 6.10 Å². The number of cyclic esters (lactones) is 1. The molecular weight excluding hydrogens is 668 g/mol. The van der Waals surface area contributed by atoms with Crippen molar-refractivity contribution in [1.29, 1.82) is 0 Å². The van der Waals surface area contributed by atoms with Crippen LogP contribution in [-0.4, -0.2) is 117 Å². The number of quaternary nitrogens is 1. The summed E-state index contributed by atoms with van der Waals surface area (Å²) in [4.78, 5) is 40.0. The highest BCUT2D eigenvalue weighted by Crippen LogP contribution is 2.37. The number of hydroxylamine groups is 3. The van der Waals surface area contributed by atoms with E-state index in [4.69, 9.17) is 14.2 Å². The second-order valence-electron chi connectivity index (χ2n) is 16.3. The topological polar surface area (TPSA) is 169 Å². The molecule has 0 aromatic heterocycles. The fourth-order valence-corrected chi connectivity index (χ4v) is 7.96. The first-order valence-electron chi connectivity index (χ1n) is 19.5. The van der Waals surface area contributed by atoms with Crippen LogP contribution in [0.2, 0.25) is 0 Å². The number of amides is 1. The molecule has 0 aromatic carbocycles. The first-order chi connectivity index (χ1) is 24.4. The van der Waals surface area contributed by atoms with Crippen LogP contribution in [0.4, 0.5) is 4.79 Å². The van der Waals surface area contributed by atoms with Gasteiger partial charge in [0.1, 0.15) is 17.5 Å². The number of aliphatic hydroxyl groups excluding tert-OH is 1. The average Bonchev–Trinajstić information content (AvgIpc) is 3.90. The van der Waals surface area contributed by atoms with E-state index in [9.17, 15) is 34.9 Å². The van der Waals surface area contributed by atoms with Crippen LogP contribution in [-0.2, 0) is 23.8 Å². The number of esters is 1. The fraction of sp³-hybridized carbons (Fsp3) is 0.775. The molecular formula is C40H64N2O10. The maximum absolute atomic E-state index is 13.7. The molecule has 0 aromatic rings. The van der Waals surface area contributed by atoms with Crippen LogP contribution in [0.1, 0.15) is 112 Å².